The van der Waals surface area contributed by atoms with Crippen molar-refractivity contribution < 1.29 is 4.42 Å². The van der Waals surface area contributed by atoms with Crippen LogP contribution in [0.4, 0.5) is 0 Å². The Bertz CT molecular complexity index is 433. The van der Waals surface area contributed by atoms with E-state index >= 15 is 0 Å². The molecule has 0 bridgehead atoms. The van der Waals surface area contributed by atoms with Gasteiger partial charge < -0.3 is 9.73 Å². The van der Waals surface area contributed by atoms with Crippen LogP contribution in [0.15, 0.2) is 16.7 Å². The summed E-state index contributed by atoms with van der Waals surface area (Å²) < 4.78 is 5.74. The highest BCUT2D eigenvalue weighted by Gasteiger charge is 2.23. The molecular weight excluding hydrogens is 260 g/mol. The van der Waals surface area contributed by atoms with Gasteiger partial charge in [-0.05, 0) is 52.6 Å². The second kappa shape index (κ2) is 6.97. The second-order valence-corrected chi connectivity index (χ2v) is 7.87. The maximum Gasteiger partial charge on any atom is 0.118 e. The van der Waals surface area contributed by atoms with Crippen molar-refractivity contribution in [3.05, 3.63) is 23.7 Å². The normalized spacial score (nSPS) is 23.7. The quantitative estimate of drug-likeness (QED) is 0.882. The van der Waals surface area contributed by atoms with Crippen LogP contribution in [0, 0.1) is 5.92 Å². The molecule has 3 nitrogen and oxygen atoms in total. The van der Waals surface area contributed by atoms with Gasteiger partial charge in [0.25, 0.3) is 0 Å². The van der Waals surface area contributed by atoms with E-state index < -0.39 is 0 Å². The van der Waals surface area contributed by atoms with E-state index in [9.17, 15) is 0 Å². The van der Waals surface area contributed by atoms with Crippen molar-refractivity contribution in [2.45, 2.75) is 78.0 Å². The average molecular weight is 292 g/mol. The van der Waals surface area contributed by atoms with Crippen LogP contribution >= 0.6 is 0 Å². The van der Waals surface area contributed by atoms with Gasteiger partial charge in [0, 0.05) is 23.7 Å². The smallest absolute Gasteiger partial charge is 0.118 e. The van der Waals surface area contributed by atoms with Crippen molar-refractivity contribution in [1.82, 2.24) is 10.2 Å². The third-order valence-electron chi connectivity index (χ3n) is 4.47. The van der Waals surface area contributed by atoms with E-state index in [0.29, 0.717) is 0 Å². The second-order valence-electron chi connectivity index (χ2n) is 7.87. The van der Waals surface area contributed by atoms with Gasteiger partial charge in [0.1, 0.15) is 5.76 Å². The molecule has 1 aliphatic rings. The molecule has 1 N–H and O–H groups in total. The van der Waals surface area contributed by atoms with E-state index in [1.165, 1.54) is 31.2 Å². The largest absolute Gasteiger partial charge is 0.468 e. The standard InChI is InChI=1S/C18H32N2O/c1-14-7-6-8-16(9-14)20(5)12-17-10-15(13-21-17)11-19-18(2,3)4/h10,13-14,16,19H,6-9,11-12H2,1-5H3. The summed E-state index contributed by atoms with van der Waals surface area (Å²) >= 11 is 0. The van der Waals surface area contributed by atoms with Crippen molar-refractivity contribution in [1.29, 1.82) is 0 Å². The fraction of sp³-hybridized carbons (Fsp3) is 0.778. The van der Waals surface area contributed by atoms with Gasteiger partial charge in [0.05, 0.1) is 12.8 Å². The molecule has 3 heteroatoms. The molecule has 0 saturated heterocycles. The summed E-state index contributed by atoms with van der Waals surface area (Å²) in [6.07, 6.45) is 7.32. The van der Waals surface area contributed by atoms with Gasteiger partial charge in [-0.3, -0.25) is 4.90 Å². The zero-order chi connectivity index (χ0) is 15.5. The van der Waals surface area contributed by atoms with Crippen LogP contribution in [0.5, 0.6) is 0 Å². The SMILES string of the molecule is CC1CCCC(N(C)Cc2cc(CNC(C)(C)C)co2)C1. The fourth-order valence-corrected chi connectivity index (χ4v) is 3.15. The molecule has 0 radical (unpaired) electrons. The summed E-state index contributed by atoms with van der Waals surface area (Å²) in [5, 5.41) is 3.50. The van der Waals surface area contributed by atoms with Gasteiger partial charge in [-0.2, -0.15) is 0 Å². The first-order chi connectivity index (χ1) is 9.83. The third-order valence-corrected chi connectivity index (χ3v) is 4.47. The lowest BCUT2D eigenvalue weighted by molar-refractivity contribution is 0.149. The molecule has 0 aromatic carbocycles. The zero-order valence-corrected chi connectivity index (χ0v) is 14.4. The Kier molecular flexibility index (Phi) is 5.50. The number of hydrogen-bond acceptors (Lipinski definition) is 3. The lowest BCUT2D eigenvalue weighted by atomic mass is 9.86. The van der Waals surface area contributed by atoms with E-state index in [1.807, 2.05) is 6.26 Å². The van der Waals surface area contributed by atoms with Crippen LogP contribution in [0.1, 0.15) is 64.7 Å². The minimum absolute atomic E-state index is 0.145. The molecule has 2 rings (SSSR count). The molecule has 1 aromatic heterocycles. The molecule has 2 unspecified atom stereocenters. The minimum Gasteiger partial charge on any atom is -0.468 e. The topological polar surface area (TPSA) is 28.4 Å². The highest BCUT2D eigenvalue weighted by molar-refractivity contribution is 5.13. The maximum atomic E-state index is 5.74. The molecule has 2 atom stereocenters. The first-order valence-corrected chi connectivity index (χ1v) is 8.35. The average Bonchev–Trinajstić information content (AvgIpc) is 2.83. The van der Waals surface area contributed by atoms with E-state index in [1.54, 1.807) is 0 Å². The minimum atomic E-state index is 0.145. The summed E-state index contributed by atoms with van der Waals surface area (Å²) in [5.41, 5.74) is 1.39. The summed E-state index contributed by atoms with van der Waals surface area (Å²) in [5.74, 6) is 1.95. The Morgan fingerprint density at radius 3 is 2.76 bits per heavy atom. The van der Waals surface area contributed by atoms with E-state index in [0.717, 1.165) is 30.8 Å². The van der Waals surface area contributed by atoms with E-state index in [2.05, 4.69) is 51.0 Å². The first-order valence-electron chi connectivity index (χ1n) is 8.35. The van der Waals surface area contributed by atoms with Gasteiger partial charge in [-0.25, -0.2) is 0 Å². The van der Waals surface area contributed by atoms with Crippen LogP contribution in [0.2, 0.25) is 0 Å². The Morgan fingerprint density at radius 2 is 2.10 bits per heavy atom. The number of hydrogen-bond donors (Lipinski definition) is 1. The molecule has 1 aliphatic carbocycles. The zero-order valence-electron chi connectivity index (χ0n) is 14.4. The highest BCUT2D eigenvalue weighted by Crippen LogP contribution is 2.27. The Hall–Kier alpha value is -0.800. The number of nitrogens with one attached hydrogen (secondary N) is 1. The van der Waals surface area contributed by atoms with Crippen LogP contribution in [-0.4, -0.2) is 23.5 Å². The third kappa shape index (κ3) is 5.48. The maximum absolute atomic E-state index is 5.74. The fourth-order valence-electron chi connectivity index (χ4n) is 3.15. The van der Waals surface area contributed by atoms with E-state index in [-0.39, 0.29) is 5.54 Å². The van der Waals surface area contributed by atoms with Crippen molar-refractivity contribution in [2.75, 3.05) is 7.05 Å². The van der Waals surface area contributed by atoms with Crippen molar-refractivity contribution in [3.8, 4) is 0 Å². The van der Waals surface area contributed by atoms with Crippen LogP contribution < -0.4 is 5.32 Å². The molecular formula is C18H32N2O. The lowest BCUT2D eigenvalue weighted by Crippen LogP contribution is -2.35. The Morgan fingerprint density at radius 1 is 1.33 bits per heavy atom. The molecule has 1 saturated carbocycles. The van der Waals surface area contributed by atoms with Crippen LogP contribution in [0.3, 0.4) is 0 Å². The molecule has 0 amide bonds. The van der Waals surface area contributed by atoms with Crippen LogP contribution in [-0.2, 0) is 13.1 Å². The number of furan rings is 1. The van der Waals surface area contributed by atoms with E-state index in [4.69, 9.17) is 4.42 Å². The van der Waals surface area contributed by atoms with Crippen LogP contribution in [0.25, 0.3) is 0 Å². The van der Waals surface area contributed by atoms with Gasteiger partial charge in [-0.15, -0.1) is 0 Å². The molecule has 1 aromatic rings. The Labute approximate surface area is 130 Å². The summed E-state index contributed by atoms with van der Waals surface area (Å²) in [6, 6.07) is 2.91. The summed E-state index contributed by atoms with van der Waals surface area (Å²) in [7, 11) is 2.23. The van der Waals surface area contributed by atoms with Gasteiger partial charge in [0.2, 0.25) is 0 Å². The van der Waals surface area contributed by atoms with Crippen molar-refractivity contribution in [3.63, 3.8) is 0 Å². The van der Waals surface area contributed by atoms with Gasteiger partial charge in [0.15, 0.2) is 0 Å². The summed E-state index contributed by atoms with van der Waals surface area (Å²) in [6.45, 7) is 10.7. The lowest BCUT2D eigenvalue weighted by Gasteiger charge is -2.33. The Balaban J connectivity index is 1.84. The van der Waals surface area contributed by atoms with Gasteiger partial charge >= 0.3 is 0 Å². The molecule has 120 valence electrons. The molecule has 0 aliphatic heterocycles. The predicted octanol–water partition coefficient (Wildman–Crippen LogP) is 4.18. The molecule has 1 fully saturated rings. The number of nitrogens with zero attached hydrogens (tertiary/aromatic N) is 1. The summed E-state index contributed by atoms with van der Waals surface area (Å²) in [4.78, 5) is 2.47. The molecule has 21 heavy (non-hydrogen) atoms. The predicted molar refractivity (Wildman–Crippen MR) is 88.2 cm³/mol. The number of rotatable bonds is 5. The molecule has 1 heterocycles. The van der Waals surface area contributed by atoms with Gasteiger partial charge in [-0.1, -0.05) is 19.8 Å². The van der Waals surface area contributed by atoms with Crippen molar-refractivity contribution in [2.24, 2.45) is 5.92 Å². The monoisotopic (exact) mass is 292 g/mol. The first kappa shape index (κ1) is 16.6. The highest BCUT2D eigenvalue weighted by atomic mass is 16.3. The van der Waals surface area contributed by atoms with Crippen molar-refractivity contribution >= 4 is 0 Å². The molecule has 0 spiro atoms.